The first-order valence-corrected chi connectivity index (χ1v) is 11.2. The minimum atomic E-state index is 0.701. The van der Waals surface area contributed by atoms with E-state index in [0.29, 0.717) is 5.78 Å². The van der Waals surface area contributed by atoms with E-state index in [-0.39, 0.29) is 0 Å². The second-order valence-electron chi connectivity index (χ2n) is 8.18. The topological polar surface area (TPSA) is 49.6 Å². The lowest BCUT2D eigenvalue weighted by molar-refractivity contribution is 0.636. The zero-order chi connectivity index (χ0) is 20.8. The summed E-state index contributed by atoms with van der Waals surface area (Å²) in [5, 5.41) is 5.68. The van der Waals surface area contributed by atoms with Crippen molar-refractivity contribution < 1.29 is 0 Å². The van der Waals surface area contributed by atoms with Crippen LogP contribution in [0.15, 0.2) is 54.6 Å². The molecule has 4 aromatic rings. The largest absolute Gasteiger partial charge is 0.368 e. The van der Waals surface area contributed by atoms with Crippen LogP contribution in [0.3, 0.4) is 0 Å². The number of hydrogen-bond donors (Lipinski definition) is 0. The summed E-state index contributed by atoms with van der Waals surface area (Å²) < 4.78 is 1.97. The van der Waals surface area contributed by atoms with Gasteiger partial charge in [-0.15, -0.1) is 5.10 Å². The van der Waals surface area contributed by atoms with Crippen LogP contribution in [0.4, 0.5) is 11.5 Å². The van der Waals surface area contributed by atoms with Crippen LogP contribution in [0.25, 0.3) is 17.2 Å². The van der Waals surface area contributed by atoms with E-state index in [2.05, 4.69) is 15.9 Å². The minimum Gasteiger partial charge on any atom is -0.368 e. The molecule has 6 nitrogen and oxygen atoms in total. The Labute approximate surface area is 186 Å². The Balaban J connectivity index is 1.36. The zero-order valence-corrected chi connectivity index (χ0v) is 18.0. The second-order valence-corrected chi connectivity index (χ2v) is 8.62. The van der Waals surface area contributed by atoms with E-state index in [1.807, 2.05) is 53.0 Å². The molecule has 0 N–H and O–H groups in total. The highest BCUT2D eigenvalue weighted by molar-refractivity contribution is 6.30. The van der Waals surface area contributed by atoms with Crippen molar-refractivity contribution in [2.45, 2.75) is 19.3 Å². The molecule has 0 unspecified atom stereocenters. The molecular formula is C24H23ClN6. The van der Waals surface area contributed by atoms with Gasteiger partial charge in [-0.3, -0.25) is 0 Å². The highest BCUT2D eigenvalue weighted by Gasteiger charge is 2.28. The molecule has 1 fully saturated rings. The molecule has 1 aliphatic heterocycles. The maximum atomic E-state index is 6.21. The van der Waals surface area contributed by atoms with Gasteiger partial charge in [-0.1, -0.05) is 48.0 Å². The molecular weight excluding hydrogens is 408 g/mol. The molecule has 31 heavy (non-hydrogen) atoms. The van der Waals surface area contributed by atoms with Crippen molar-refractivity contribution in [1.29, 1.82) is 0 Å². The zero-order valence-electron chi connectivity index (χ0n) is 17.2. The smallest absolute Gasteiger partial charge is 0.254 e. The lowest BCUT2D eigenvalue weighted by Gasteiger charge is -2.38. The molecule has 2 aromatic carbocycles. The molecule has 156 valence electrons. The van der Waals surface area contributed by atoms with Crippen LogP contribution in [0.2, 0.25) is 5.02 Å². The Hall–Kier alpha value is -3.12. The van der Waals surface area contributed by atoms with E-state index >= 15 is 0 Å². The number of halogens is 1. The maximum Gasteiger partial charge on any atom is 0.254 e. The molecule has 2 aromatic heterocycles. The summed E-state index contributed by atoms with van der Waals surface area (Å²) in [7, 11) is 0. The van der Waals surface area contributed by atoms with Crippen molar-refractivity contribution in [1.82, 2.24) is 19.6 Å². The van der Waals surface area contributed by atoms with Crippen molar-refractivity contribution in [2.75, 3.05) is 36.0 Å². The Kier molecular flexibility index (Phi) is 4.53. The van der Waals surface area contributed by atoms with Crippen molar-refractivity contribution in [3.63, 3.8) is 0 Å². The average Bonchev–Trinajstić information content (AvgIpc) is 3.45. The van der Waals surface area contributed by atoms with Gasteiger partial charge in [0.05, 0.1) is 5.69 Å². The van der Waals surface area contributed by atoms with E-state index < -0.39 is 0 Å². The van der Waals surface area contributed by atoms with Gasteiger partial charge in [-0.25, -0.2) is 4.98 Å². The van der Waals surface area contributed by atoms with Crippen molar-refractivity contribution >= 4 is 28.9 Å². The Morgan fingerprint density at radius 2 is 1.61 bits per heavy atom. The molecule has 7 heteroatoms. The number of benzene rings is 2. The molecule has 6 rings (SSSR count). The van der Waals surface area contributed by atoms with Gasteiger partial charge < -0.3 is 9.80 Å². The number of aryl methyl sites for hydroxylation is 1. The molecule has 0 atom stereocenters. The number of anilines is 2. The molecule has 2 aliphatic rings. The quantitative estimate of drug-likeness (QED) is 0.486. The lowest BCUT2D eigenvalue weighted by atomic mass is 10.2. The van der Waals surface area contributed by atoms with Crippen molar-refractivity contribution in [3.8, 4) is 11.4 Å². The van der Waals surface area contributed by atoms with Crippen LogP contribution in [0.1, 0.15) is 17.7 Å². The van der Waals surface area contributed by atoms with E-state index in [4.69, 9.17) is 26.7 Å². The number of rotatable bonds is 3. The van der Waals surface area contributed by atoms with Crippen LogP contribution in [-0.4, -0.2) is 45.8 Å². The standard InChI is InChI=1S/C24H23ClN6/c25-18-8-4-9-19(16-18)29-12-14-30(15-13-29)23-20-10-5-11-21(20)26-24-27-22(28-31(23)24)17-6-2-1-3-7-17/h1-4,6-9,16H,5,10-15H2. The van der Waals surface area contributed by atoms with Gasteiger partial charge in [0.2, 0.25) is 0 Å². The normalized spacial score (nSPS) is 16.2. The fraction of sp³-hybridized carbons (Fsp3) is 0.292. The molecule has 1 aliphatic carbocycles. The third-order valence-corrected chi connectivity index (χ3v) is 6.50. The first-order valence-electron chi connectivity index (χ1n) is 10.9. The molecule has 0 saturated carbocycles. The van der Waals surface area contributed by atoms with Gasteiger partial charge in [0.15, 0.2) is 5.82 Å². The number of fused-ring (bicyclic) bond motifs is 2. The van der Waals surface area contributed by atoms with Crippen LogP contribution in [0.5, 0.6) is 0 Å². The van der Waals surface area contributed by atoms with Gasteiger partial charge in [0, 0.05) is 48.0 Å². The summed E-state index contributed by atoms with van der Waals surface area (Å²) in [5.74, 6) is 2.61. The Bertz CT molecular complexity index is 1240. The van der Waals surface area contributed by atoms with Crippen LogP contribution in [0, 0.1) is 0 Å². The van der Waals surface area contributed by atoms with Gasteiger partial charge >= 0.3 is 0 Å². The van der Waals surface area contributed by atoms with Gasteiger partial charge in [0.1, 0.15) is 5.82 Å². The Morgan fingerprint density at radius 3 is 2.42 bits per heavy atom. The minimum absolute atomic E-state index is 0.701. The average molecular weight is 431 g/mol. The number of aromatic nitrogens is 4. The highest BCUT2D eigenvalue weighted by Crippen LogP contribution is 2.33. The van der Waals surface area contributed by atoms with Crippen LogP contribution >= 0.6 is 11.6 Å². The van der Waals surface area contributed by atoms with Crippen molar-refractivity contribution in [2.24, 2.45) is 0 Å². The number of nitrogens with zero attached hydrogens (tertiary/aromatic N) is 6. The summed E-state index contributed by atoms with van der Waals surface area (Å²) in [6.45, 7) is 3.75. The molecule has 0 bridgehead atoms. The van der Waals surface area contributed by atoms with Crippen LogP contribution < -0.4 is 9.80 Å². The first-order chi connectivity index (χ1) is 15.3. The molecule has 0 amide bonds. The monoisotopic (exact) mass is 430 g/mol. The lowest BCUT2D eigenvalue weighted by Crippen LogP contribution is -2.47. The summed E-state index contributed by atoms with van der Waals surface area (Å²) in [5.41, 5.74) is 4.73. The Morgan fingerprint density at radius 1 is 0.806 bits per heavy atom. The third-order valence-electron chi connectivity index (χ3n) is 6.27. The number of piperazine rings is 1. The van der Waals surface area contributed by atoms with Crippen LogP contribution in [-0.2, 0) is 12.8 Å². The van der Waals surface area contributed by atoms with Gasteiger partial charge in [0.25, 0.3) is 5.78 Å². The summed E-state index contributed by atoms with van der Waals surface area (Å²) in [6, 6.07) is 18.3. The van der Waals surface area contributed by atoms with E-state index in [9.17, 15) is 0 Å². The van der Waals surface area contributed by atoms with Crippen molar-refractivity contribution in [3.05, 3.63) is 70.9 Å². The molecule has 1 saturated heterocycles. The maximum absolute atomic E-state index is 6.21. The molecule has 0 spiro atoms. The molecule has 0 radical (unpaired) electrons. The summed E-state index contributed by atoms with van der Waals surface area (Å²) >= 11 is 6.21. The second kappa shape index (κ2) is 7.54. The summed E-state index contributed by atoms with van der Waals surface area (Å²) in [4.78, 5) is 14.5. The van der Waals surface area contributed by atoms with E-state index in [1.165, 1.54) is 22.8 Å². The predicted octanol–water partition coefficient (Wildman–Crippen LogP) is 4.26. The van der Waals surface area contributed by atoms with E-state index in [0.717, 1.165) is 61.9 Å². The SMILES string of the molecule is Clc1cccc(N2CCN(c3c4c(nc5nc(-c6ccccc6)nn35)CCC4)CC2)c1. The first kappa shape index (κ1) is 18.6. The fourth-order valence-corrected chi connectivity index (χ4v) is 4.93. The highest BCUT2D eigenvalue weighted by atomic mass is 35.5. The van der Waals surface area contributed by atoms with E-state index in [1.54, 1.807) is 0 Å². The number of hydrogen-bond acceptors (Lipinski definition) is 5. The third kappa shape index (κ3) is 3.31. The summed E-state index contributed by atoms with van der Waals surface area (Å²) in [6.07, 6.45) is 3.23. The fourth-order valence-electron chi connectivity index (χ4n) is 4.74. The predicted molar refractivity (Wildman–Crippen MR) is 124 cm³/mol. The van der Waals surface area contributed by atoms with Gasteiger partial charge in [-0.2, -0.15) is 9.50 Å². The van der Waals surface area contributed by atoms with Gasteiger partial charge in [-0.05, 0) is 37.5 Å². The molecule has 3 heterocycles.